The number of hydrogen-bond acceptors (Lipinski definition) is 10. The van der Waals surface area contributed by atoms with Crippen molar-refractivity contribution < 1.29 is 47.4 Å². The van der Waals surface area contributed by atoms with Gasteiger partial charge in [-0.15, -0.1) is 0 Å². The zero-order valence-electron chi connectivity index (χ0n) is 30.9. The average molecular weight is 701 g/mol. The number of hydrogen-bond donors (Lipinski definition) is 0. The maximum Gasteiger partial charge on any atom is 0.119 e. The average Bonchev–Trinajstić information content (AvgIpc) is 4.02. The molecule has 1 aromatic rings. The van der Waals surface area contributed by atoms with Crippen molar-refractivity contribution in [3.63, 3.8) is 0 Å². The van der Waals surface area contributed by atoms with Gasteiger partial charge in [-0.1, -0.05) is 65.0 Å². The van der Waals surface area contributed by atoms with Crippen molar-refractivity contribution in [1.29, 1.82) is 0 Å². The Morgan fingerprint density at radius 1 is 0.780 bits per heavy atom. The van der Waals surface area contributed by atoms with Gasteiger partial charge in [0, 0.05) is 22.2 Å². The fraction of sp³-hybridized carbons (Fsp3) is 0.750. The summed E-state index contributed by atoms with van der Waals surface area (Å²) < 4.78 is 58.7. The van der Waals surface area contributed by atoms with Gasteiger partial charge in [0.15, 0.2) is 0 Å². The highest BCUT2D eigenvalue weighted by Crippen LogP contribution is 2.37. The molecule has 10 nitrogen and oxygen atoms in total. The Labute approximate surface area is 299 Å². The Morgan fingerprint density at radius 3 is 1.78 bits per heavy atom. The third-order valence-corrected chi connectivity index (χ3v) is 11.0. The van der Waals surface area contributed by atoms with Crippen molar-refractivity contribution in [2.24, 2.45) is 16.7 Å². The highest BCUT2D eigenvalue weighted by molar-refractivity contribution is 5.44. The Balaban J connectivity index is 0.968. The molecular formula is C40H60O10. The SMILES string of the molecule is CCC1(COCC(COc2ccc(C(C)(C)C3=CC(C)C(OCC(COCC4(CC)COC4)OCC4CO4)C=C3)cc2)OCC2CO2)COC1. The number of rotatable bonds is 24. The molecule has 6 rings (SSSR count). The molecule has 0 radical (unpaired) electrons. The summed E-state index contributed by atoms with van der Waals surface area (Å²) >= 11 is 0. The maximum atomic E-state index is 6.43. The van der Waals surface area contributed by atoms with Gasteiger partial charge >= 0.3 is 0 Å². The molecule has 50 heavy (non-hydrogen) atoms. The highest BCUT2D eigenvalue weighted by atomic mass is 16.6. The molecule has 0 N–H and O–H groups in total. The van der Waals surface area contributed by atoms with E-state index in [2.05, 4.69) is 77.1 Å². The molecule has 4 fully saturated rings. The van der Waals surface area contributed by atoms with Crippen LogP contribution in [0.5, 0.6) is 5.75 Å². The van der Waals surface area contributed by atoms with Gasteiger partial charge in [-0.3, -0.25) is 0 Å². The number of allylic oxidation sites excluding steroid dienone is 2. The van der Waals surface area contributed by atoms with E-state index in [4.69, 9.17) is 47.4 Å². The summed E-state index contributed by atoms with van der Waals surface area (Å²) in [6, 6.07) is 8.42. The molecule has 0 amide bonds. The molecule has 0 saturated carbocycles. The normalized spacial score (nSPS) is 27.5. The van der Waals surface area contributed by atoms with Crippen LogP contribution in [-0.2, 0) is 48.0 Å². The first-order chi connectivity index (χ1) is 24.2. The van der Waals surface area contributed by atoms with Gasteiger partial charge in [0.1, 0.15) is 36.8 Å². The van der Waals surface area contributed by atoms with E-state index in [0.717, 1.165) is 58.2 Å². The number of ether oxygens (including phenoxy) is 10. The van der Waals surface area contributed by atoms with Crippen LogP contribution in [0.3, 0.4) is 0 Å². The highest BCUT2D eigenvalue weighted by Gasteiger charge is 2.38. The second-order valence-corrected chi connectivity index (χ2v) is 15.6. The van der Waals surface area contributed by atoms with Crippen LogP contribution in [0.4, 0.5) is 0 Å². The van der Waals surface area contributed by atoms with E-state index in [1.165, 1.54) is 11.1 Å². The maximum absolute atomic E-state index is 6.43. The lowest BCUT2D eigenvalue weighted by atomic mass is 9.74. The molecule has 4 saturated heterocycles. The molecule has 4 heterocycles. The molecular weight excluding hydrogens is 640 g/mol. The molecule has 6 atom stereocenters. The minimum atomic E-state index is -0.192. The van der Waals surface area contributed by atoms with Crippen LogP contribution in [0.25, 0.3) is 0 Å². The lowest BCUT2D eigenvalue weighted by molar-refractivity contribution is -0.162. The summed E-state index contributed by atoms with van der Waals surface area (Å²) in [7, 11) is 0. The summed E-state index contributed by atoms with van der Waals surface area (Å²) in [5.74, 6) is 1.03. The second kappa shape index (κ2) is 17.3. The Kier molecular flexibility index (Phi) is 13.1. The lowest BCUT2D eigenvalue weighted by Crippen LogP contribution is -2.46. The van der Waals surface area contributed by atoms with E-state index < -0.39 is 0 Å². The first kappa shape index (κ1) is 37.9. The molecule has 0 bridgehead atoms. The minimum absolute atomic E-state index is 0.0317. The van der Waals surface area contributed by atoms with Crippen LogP contribution in [-0.4, -0.2) is 123 Å². The Hall–Kier alpha value is -1.86. The van der Waals surface area contributed by atoms with Crippen LogP contribution in [0.15, 0.2) is 48.1 Å². The zero-order valence-corrected chi connectivity index (χ0v) is 30.9. The molecule has 0 aromatic heterocycles. The largest absolute Gasteiger partial charge is 0.491 e. The quantitative estimate of drug-likeness (QED) is 0.132. The van der Waals surface area contributed by atoms with Crippen LogP contribution < -0.4 is 4.74 Å². The fourth-order valence-corrected chi connectivity index (χ4v) is 6.45. The Bertz CT molecular complexity index is 1230. The van der Waals surface area contributed by atoms with E-state index in [-0.39, 0.29) is 52.7 Å². The predicted molar refractivity (Wildman–Crippen MR) is 189 cm³/mol. The minimum Gasteiger partial charge on any atom is -0.491 e. The van der Waals surface area contributed by atoms with Crippen LogP contribution >= 0.6 is 0 Å². The summed E-state index contributed by atoms with van der Waals surface area (Å²) in [6.45, 7) is 20.1. The van der Waals surface area contributed by atoms with Gasteiger partial charge < -0.3 is 47.4 Å². The van der Waals surface area contributed by atoms with Gasteiger partial charge in [-0.05, 0) is 36.1 Å². The van der Waals surface area contributed by atoms with Crippen LogP contribution in [0.1, 0.15) is 53.0 Å². The van der Waals surface area contributed by atoms with Crippen molar-refractivity contribution in [3.05, 3.63) is 53.6 Å². The third-order valence-electron chi connectivity index (χ3n) is 11.0. The first-order valence-electron chi connectivity index (χ1n) is 18.7. The van der Waals surface area contributed by atoms with Crippen LogP contribution in [0.2, 0.25) is 0 Å². The summed E-state index contributed by atoms with van der Waals surface area (Å²) in [4.78, 5) is 0. The molecule has 280 valence electrons. The van der Waals surface area contributed by atoms with Gasteiger partial charge in [0.2, 0.25) is 0 Å². The third kappa shape index (κ3) is 10.4. The second-order valence-electron chi connectivity index (χ2n) is 15.6. The first-order valence-corrected chi connectivity index (χ1v) is 18.7. The van der Waals surface area contributed by atoms with Crippen LogP contribution in [0, 0.1) is 16.7 Å². The monoisotopic (exact) mass is 700 g/mol. The van der Waals surface area contributed by atoms with Crippen molar-refractivity contribution in [2.75, 3.05) is 92.5 Å². The van der Waals surface area contributed by atoms with Gasteiger partial charge in [0.25, 0.3) is 0 Å². The smallest absolute Gasteiger partial charge is 0.119 e. The molecule has 4 aliphatic heterocycles. The summed E-state index contributed by atoms with van der Waals surface area (Å²) in [5.41, 5.74) is 2.59. The van der Waals surface area contributed by atoms with Gasteiger partial charge in [-0.25, -0.2) is 0 Å². The van der Waals surface area contributed by atoms with E-state index >= 15 is 0 Å². The lowest BCUT2D eigenvalue weighted by Gasteiger charge is -2.40. The molecule has 0 spiro atoms. The topological polar surface area (TPSA) is 98.9 Å². The number of epoxide rings is 2. The fourth-order valence-electron chi connectivity index (χ4n) is 6.45. The predicted octanol–water partition coefficient (Wildman–Crippen LogP) is 5.31. The van der Waals surface area contributed by atoms with E-state index in [1.54, 1.807) is 0 Å². The van der Waals surface area contributed by atoms with Crippen molar-refractivity contribution in [3.8, 4) is 5.75 Å². The van der Waals surface area contributed by atoms with E-state index in [9.17, 15) is 0 Å². The van der Waals surface area contributed by atoms with E-state index in [1.807, 2.05) is 0 Å². The Morgan fingerprint density at radius 2 is 1.32 bits per heavy atom. The standard InChI is InChI=1S/C40H60O10/c1-6-39(25-43-26-39)23-41-15-33(46-18-35-20-48-35)17-45-32-11-8-30(9-12-32)38(4,5)31-10-13-37(29(3)14-31)50-22-34(47-19-36-21-49-36)16-42-24-40(7-2)27-44-28-40/h8-14,29,33-37H,6-7,15-28H2,1-5H3. The molecule has 1 aromatic carbocycles. The van der Waals surface area contributed by atoms with Gasteiger partial charge in [0.05, 0.1) is 92.0 Å². The summed E-state index contributed by atoms with van der Waals surface area (Å²) in [6.07, 6.45) is 8.89. The van der Waals surface area contributed by atoms with Crippen molar-refractivity contribution >= 4 is 0 Å². The molecule has 5 aliphatic rings. The van der Waals surface area contributed by atoms with Crippen molar-refractivity contribution in [2.45, 2.75) is 83.4 Å². The molecule has 1 aliphatic carbocycles. The van der Waals surface area contributed by atoms with Crippen molar-refractivity contribution in [1.82, 2.24) is 0 Å². The van der Waals surface area contributed by atoms with E-state index in [0.29, 0.717) is 52.9 Å². The molecule has 10 heteroatoms. The summed E-state index contributed by atoms with van der Waals surface area (Å²) in [5, 5.41) is 0. The zero-order chi connectivity index (χ0) is 35.0. The molecule has 6 unspecified atom stereocenters. The van der Waals surface area contributed by atoms with Gasteiger partial charge in [-0.2, -0.15) is 0 Å². The number of benzene rings is 1.